The number of nitrogens with one attached hydrogen (secondary N) is 1. The van der Waals surface area contributed by atoms with E-state index in [2.05, 4.69) is 33.2 Å². The number of halogens is 1. The lowest BCUT2D eigenvalue weighted by molar-refractivity contribution is -0.116. The van der Waals surface area contributed by atoms with Gasteiger partial charge in [-0.15, -0.1) is 11.3 Å². The van der Waals surface area contributed by atoms with Gasteiger partial charge in [0.25, 0.3) is 5.56 Å². The van der Waals surface area contributed by atoms with Crippen LogP contribution in [-0.2, 0) is 24.2 Å². The number of pyridine rings is 1. The lowest BCUT2D eigenvalue weighted by atomic mass is 9.88. The zero-order chi connectivity index (χ0) is 17.1. The summed E-state index contributed by atoms with van der Waals surface area (Å²) in [5, 5.41) is 3.48. The van der Waals surface area contributed by atoms with Gasteiger partial charge in [-0.25, -0.2) is 4.98 Å². The molecule has 0 bridgehead atoms. The number of hydrogen-bond donors (Lipinski definition) is 1. The highest BCUT2D eigenvalue weighted by atomic mass is 79.9. The van der Waals surface area contributed by atoms with Gasteiger partial charge < -0.3 is 9.88 Å². The van der Waals surface area contributed by atoms with Crippen LogP contribution in [0.15, 0.2) is 27.6 Å². The molecule has 0 fully saturated rings. The molecular formula is C17H20BrN3O2S. The number of aryl methyl sites for hydroxylation is 1. The molecule has 0 aromatic carbocycles. The van der Waals surface area contributed by atoms with Gasteiger partial charge in [-0.05, 0) is 47.2 Å². The van der Waals surface area contributed by atoms with Gasteiger partial charge >= 0.3 is 0 Å². The Morgan fingerprint density at radius 1 is 1.50 bits per heavy atom. The fourth-order valence-corrected chi connectivity index (χ4v) is 4.61. The Hall–Kier alpha value is -1.47. The van der Waals surface area contributed by atoms with Crippen molar-refractivity contribution in [3.05, 3.63) is 43.7 Å². The first-order chi connectivity index (χ1) is 11.5. The lowest BCUT2D eigenvalue weighted by Crippen LogP contribution is -2.26. The SMILES string of the molecule is CCCC1CCc2nc(NC(=O)Cn3cc(Br)ccc3=O)sc2C1. The van der Waals surface area contributed by atoms with E-state index in [1.54, 1.807) is 23.6 Å². The molecule has 24 heavy (non-hydrogen) atoms. The molecule has 0 spiro atoms. The zero-order valence-electron chi connectivity index (χ0n) is 13.5. The Balaban J connectivity index is 1.65. The van der Waals surface area contributed by atoms with Crippen molar-refractivity contribution in [2.75, 3.05) is 5.32 Å². The largest absolute Gasteiger partial charge is 0.305 e. The standard InChI is InChI=1S/C17H20BrN3O2S/c1-2-3-11-4-6-13-14(8-11)24-17(19-13)20-15(22)10-21-9-12(18)5-7-16(21)23/h5,7,9,11H,2-4,6,8,10H2,1H3,(H,19,20,22). The highest BCUT2D eigenvalue weighted by Gasteiger charge is 2.22. The summed E-state index contributed by atoms with van der Waals surface area (Å²) in [5.41, 5.74) is 0.927. The third-order valence-corrected chi connectivity index (χ3v) is 5.75. The molecule has 1 aliphatic rings. The molecule has 1 aliphatic carbocycles. The Morgan fingerprint density at radius 2 is 2.33 bits per heavy atom. The molecule has 0 saturated carbocycles. The summed E-state index contributed by atoms with van der Waals surface area (Å²) in [5.74, 6) is 0.512. The maximum Gasteiger partial charge on any atom is 0.251 e. The summed E-state index contributed by atoms with van der Waals surface area (Å²) in [7, 11) is 0. The molecule has 1 unspecified atom stereocenters. The molecule has 7 heteroatoms. The molecule has 3 rings (SSSR count). The van der Waals surface area contributed by atoms with Crippen LogP contribution in [0.1, 0.15) is 36.8 Å². The van der Waals surface area contributed by atoms with Crippen LogP contribution >= 0.6 is 27.3 Å². The van der Waals surface area contributed by atoms with Gasteiger partial charge in [-0.3, -0.25) is 9.59 Å². The summed E-state index contributed by atoms with van der Waals surface area (Å²) in [6, 6.07) is 3.10. The lowest BCUT2D eigenvalue weighted by Gasteiger charge is -2.19. The average Bonchev–Trinajstić information content (AvgIpc) is 2.92. The third-order valence-electron chi connectivity index (χ3n) is 4.25. The molecule has 1 N–H and O–H groups in total. The van der Waals surface area contributed by atoms with Crippen molar-refractivity contribution in [1.29, 1.82) is 0 Å². The van der Waals surface area contributed by atoms with Crippen molar-refractivity contribution in [2.24, 2.45) is 5.92 Å². The first kappa shape index (κ1) is 17.4. The number of anilines is 1. The van der Waals surface area contributed by atoms with Crippen molar-refractivity contribution in [2.45, 2.75) is 45.6 Å². The number of rotatable bonds is 5. The number of hydrogen-bond acceptors (Lipinski definition) is 4. The number of carbonyl (C=O) groups excluding carboxylic acids is 1. The fraction of sp³-hybridized carbons (Fsp3) is 0.471. The molecule has 5 nitrogen and oxygen atoms in total. The molecule has 0 radical (unpaired) electrons. The van der Waals surface area contributed by atoms with Gasteiger partial charge in [-0.2, -0.15) is 0 Å². The van der Waals surface area contributed by atoms with Crippen molar-refractivity contribution in [3.63, 3.8) is 0 Å². The van der Waals surface area contributed by atoms with Crippen LogP contribution in [0.5, 0.6) is 0 Å². The summed E-state index contributed by atoms with van der Waals surface area (Å²) in [4.78, 5) is 29.8. The van der Waals surface area contributed by atoms with Crippen molar-refractivity contribution in [3.8, 4) is 0 Å². The van der Waals surface area contributed by atoms with Gasteiger partial charge in [0.05, 0.1) is 5.69 Å². The number of aromatic nitrogens is 2. The van der Waals surface area contributed by atoms with E-state index in [1.807, 2.05) is 0 Å². The van der Waals surface area contributed by atoms with E-state index >= 15 is 0 Å². The second kappa shape index (κ2) is 7.61. The van der Waals surface area contributed by atoms with Crippen LogP contribution < -0.4 is 10.9 Å². The van der Waals surface area contributed by atoms with Gasteiger partial charge in [0.1, 0.15) is 6.54 Å². The van der Waals surface area contributed by atoms with Crippen LogP contribution in [0.25, 0.3) is 0 Å². The highest BCUT2D eigenvalue weighted by molar-refractivity contribution is 9.10. The minimum atomic E-state index is -0.230. The van der Waals surface area contributed by atoms with E-state index in [1.165, 1.54) is 34.8 Å². The van der Waals surface area contributed by atoms with Gasteiger partial charge in [0.2, 0.25) is 5.91 Å². The molecular weight excluding hydrogens is 390 g/mol. The number of nitrogens with zero attached hydrogens (tertiary/aromatic N) is 2. The van der Waals surface area contributed by atoms with Crippen LogP contribution in [0.4, 0.5) is 5.13 Å². The summed E-state index contributed by atoms with van der Waals surface area (Å²) >= 11 is 4.88. The fourth-order valence-electron chi connectivity index (χ4n) is 3.09. The maximum absolute atomic E-state index is 12.2. The monoisotopic (exact) mass is 409 g/mol. The van der Waals surface area contributed by atoms with Crippen LogP contribution in [-0.4, -0.2) is 15.5 Å². The van der Waals surface area contributed by atoms with E-state index in [4.69, 9.17) is 0 Å². The summed E-state index contributed by atoms with van der Waals surface area (Å²) in [6.45, 7) is 2.21. The minimum Gasteiger partial charge on any atom is -0.305 e. The third kappa shape index (κ3) is 4.13. The molecule has 2 aromatic heterocycles. The minimum absolute atomic E-state index is 0.0129. The van der Waals surface area contributed by atoms with Gasteiger partial charge in [0, 0.05) is 21.6 Å². The van der Waals surface area contributed by atoms with E-state index in [-0.39, 0.29) is 18.0 Å². The van der Waals surface area contributed by atoms with E-state index in [9.17, 15) is 9.59 Å². The Kier molecular flexibility index (Phi) is 5.50. The quantitative estimate of drug-likeness (QED) is 0.819. The topological polar surface area (TPSA) is 64.0 Å². The first-order valence-electron chi connectivity index (χ1n) is 8.19. The Morgan fingerprint density at radius 3 is 3.12 bits per heavy atom. The highest BCUT2D eigenvalue weighted by Crippen LogP contribution is 2.34. The van der Waals surface area contributed by atoms with E-state index in [0.717, 1.165) is 28.9 Å². The summed E-state index contributed by atoms with van der Waals surface area (Å²) < 4.78 is 2.14. The van der Waals surface area contributed by atoms with Crippen molar-refractivity contribution in [1.82, 2.24) is 9.55 Å². The molecule has 2 heterocycles. The number of fused-ring (bicyclic) bond motifs is 1. The molecule has 1 amide bonds. The second-order valence-electron chi connectivity index (χ2n) is 6.15. The molecule has 0 aliphatic heterocycles. The van der Waals surface area contributed by atoms with Crippen LogP contribution in [0.3, 0.4) is 0 Å². The zero-order valence-corrected chi connectivity index (χ0v) is 16.0. The van der Waals surface area contributed by atoms with E-state index in [0.29, 0.717) is 5.13 Å². The van der Waals surface area contributed by atoms with E-state index < -0.39 is 0 Å². The average molecular weight is 410 g/mol. The smallest absolute Gasteiger partial charge is 0.251 e. The van der Waals surface area contributed by atoms with Gasteiger partial charge in [-0.1, -0.05) is 19.8 Å². The Bertz CT molecular complexity index is 799. The number of amides is 1. The van der Waals surface area contributed by atoms with Crippen LogP contribution in [0, 0.1) is 5.92 Å². The number of carbonyl (C=O) groups is 1. The predicted molar refractivity (Wildman–Crippen MR) is 99.6 cm³/mol. The van der Waals surface area contributed by atoms with Crippen LogP contribution in [0.2, 0.25) is 0 Å². The van der Waals surface area contributed by atoms with Gasteiger partial charge in [0.15, 0.2) is 5.13 Å². The summed E-state index contributed by atoms with van der Waals surface area (Å²) in [6.07, 6.45) is 7.34. The molecule has 1 atom stereocenters. The Labute approximate surface area is 153 Å². The first-order valence-corrected chi connectivity index (χ1v) is 9.80. The molecule has 0 saturated heterocycles. The molecule has 2 aromatic rings. The molecule has 128 valence electrons. The number of thiazole rings is 1. The van der Waals surface area contributed by atoms with Crippen molar-refractivity contribution >= 4 is 38.3 Å². The second-order valence-corrected chi connectivity index (χ2v) is 8.15. The normalized spacial score (nSPS) is 16.7. The maximum atomic E-state index is 12.2. The van der Waals surface area contributed by atoms with Crippen molar-refractivity contribution < 1.29 is 4.79 Å². The predicted octanol–water partition coefficient (Wildman–Crippen LogP) is 3.61.